The van der Waals surface area contributed by atoms with Crippen LogP contribution in [0.1, 0.15) is 17.2 Å². The van der Waals surface area contributed by atoms with E-state index in [2.05, 4.69) is 0 Å². The SMILES string of the molecule is COc1ccc([C@H]2[C@H]3C(=O)N(c4ccc(C)c(Cl)c4)C(=O)[C@H]3ON2c2ccc(OC)cc2)cc1. The maximum Gasteiger partial charge on any atom is 0.266 e. The van der Waals surface area contributed by atoms with E-state index >= 15 is 0 Å². The summed E-state index contributed by atoms with van der Waals surface area (Å²) in [6, 6.07) is 19.3. The van der Waals surface area contributed by atoms with Crippen molar-refractivity contribution < 1.29 is 23.9 Å². The zero-order chi connectivity index (χ0) is 24.0. The van der Waals surface area contributed by atoms with Crippen molar-refractivity contribution in [3.63, 3.8) is 0 Å². The quantitative estimate of drug-likeness (QED) is 0.494. The van der Waals surface area contributed by atoms with Gasteiger partial charge in [-0.25, -0.2) is 9.96 Å². The minimum absolute atomic E-state index is 0.327. The summed E-state index contributed by atoms with van der Waals surface area (Å²) in [6.45, 7) is 1.87. The van der Waals surface area contributed by atoms with Gasteiger partial charge in [0, 0.05) is 5.02 Å². The molecule has 2 amide bonds. The number of ether oxygens (including phenoxy) is 2. The molecule has 3 atom stereocenters. The van der Waals surface area contributed by atoms with Crippen LogP contribution in [0.2, 0.25) is 5.02 Å². The molecule has 3 aromatic carbocycles. The van der Waals surface area contributed by atoms with E-state index in [1.807, 2.05) is 55.5 Å². The summed E-state index contributed by atoms with van der Waals surface area (Å²) in [5.74, 6) is -0.0852. The Morgan fingerprint density at radius 3 is 2.00 bits per heavy atom. The van der Waals surface area contributed by atoms with Crippen LogP contribution in [0.4, 0.5) is 11.4 Å². The lowest BCUT2D eigenvalue weighted by molar-refractivity contribution is -0.126. The van der Waals surface area contributed by atoms with E-state index in [-0.39, 0.29) is 5.91 Å². The number of carbonyl (C=O) groups excluding carboxylic acids is 2. The number of carbonyl (C=O) groups is 2. The summed E-state index contributed by atoms with van der Waals surface area (Å²) in [4.78, 5) is 34.5. The Labute approximate surface area is 202 Å². The Bertz CT molecular complexity index is 1250. The van der Waals surface area contributed by atoms with Crippen molar-refractivity contribution in [3.05, 3.63) is 82.9 Å². The number of benzene rings is 3. The minimum atomic E-state index is -0.957. The molecule has 2 aliphatic heterocycles. The Morgan fingerprint density at radius 2 is 1.41 bits per heavy atom. The molecule has 2 heterocycles. The first-order valence-corrected chi connectivity index (χ1v) is 11.2. The average molecular weight is 479 g/mol. The van der Waals surface area contributed by atoms with Gasteiger partial charge in [0.25, 0.3) is 5.91 Å². The Morgan fingerprint density at radius 1 is 0.824 bits per heavy atom. The molecule has 0 aromatic heterocycles. The first-order chi connectivity index (χ1) is 16.4. The largest absolute Gasteiger partial charge is 0.497 e. The van der Waals surface area contributed by atoms with Crippen molar-refractivity contribution in [1.29, 1.82) is 0 Å². The van der Waals surface area contributed by atoms with Gasteiger partial charge in [0.1, 0.15) is 17.4 Å². The molecule has 0 spiro atoms. The lowest BCUT2D eigenvalue weighted by Gasteiger charge is -2.29. The van der Waals surface area contributed by atoms with Crippen LogP contribution in [-0.2, 0) is 14.4 Å². The highest BCUT2D eigenvalue weighted by molar-refractivity contribution is 6.32. The zero-order valence-electron chi connectivity index (χ0n) is 18.9. The van der Waals surface area contributed by atoms with Gasteiger partial charge in [0.2, 0.25) is 5.91 Å². The van der Waals surface area contributed by atoms with Crippen LogP contribution >= 0.6 is 11.6 Å². The Hall–Kier alpha value is -3.55. The molecule has 174 valence electrons. The van der Waals surface area contributed by atoms with Gasteiger partial charge in [-0.1, -0.05) is 29.8 Å². The van der Waals surface area contributed by atoms with Gasteiger partial charge in [-0.15, -0.1) is 0 Å². The third-order valence-corrected chi connectivity index (χ3v) is 6.72. The molecule has 0 bridgehead atoms. The number of rotatable bonds is 5. The van der Waals surface area contributed by atoms with E-state index in [9.17, 15) is 9.59 Å². The highest BCUT2D eigenvalue weighted by Crippen LogP contribution is 2.48. The second-order valence-corrected chi connectivity index (χ2v) is 8.65. The standard InChI is InChI=1S/C26H23ClN2O5/c1-15-4-7-18(14-21(15)27)28-25(30)22-23(16-5-10-19(32-2)11-6-16)29(34-24(22)26(28)31)17-8-12-20(33-3)13-9-17/h4-14,22-24H,1-3H3/t22-,23+,24+/m1/s1. The van der Waals surface area contributed by atoms with Crippen LogP contribution in [-0.4, -0.2) is 32.1 Å². The highest BCUT2D eigenvalue weighted by Gasteiger charge is 2.60. The molecule has 2 fully saturated rings. The fourth-order valence-electron chi connectivity index (χ4n) is 4.48. The van der Waals surface area contributed by atoms with Crippen LogP contribution in [0.15, 0.2) is 66.7 Å². The molecule has 0 radical (unpaired) electrons. The zero-order valence-corrected chi connectivity index (χ0v) is 19.7. The number of halogens is 1. The number of aryl methyl sites for hydroxylation is 1. The third-order valence-electron chi connectivity index (χ3n) is 6.31. The van der Waals surface area contributed by atoms with Gasteiger partial charge < -0.3 is 9.47 Å². The topological polar surface area (TPSA) is 68.3 Å². The number of nitrogens with zero attached hydrogens (tertiary/aromatic N) is 2. The van der Waals surface area contributed by atoms with Gasteiger partial charge in [0.15, 0.2) is 6.10 Å². The maximum atomic E-state index is 13.7. The monoisotopic (exact) mass is 478 g/mol. The fourth-order valence-corrected chi connectivity index (χ4v) is 4.66. The molecule has 5 rings (SSSR count). The molecule has 0 unspecified atom stereocenters. The average Bonchev–Trinajstić information content (AvgIpc) is 3.37. The maximum absolute atomic E-state index is 13.7. The van der Waals surface area contributed by atoms with E-state index in [1.165, 1.54) is 4.90 Å². The molecule has 7 nitrogen and oxygen atoms in total. The fraction of sp³-hybridized carbons (Fsp3) is 0.231. The number of hydroxylamine groups is 1. The van der Waals surface area contributed by atoms with Crippen LogP contribution in [0.5, 0.6) is 11.5 Å². The summed E-state index contributed by atoms with van der Waals surface area (Å²) in [5, 5.41) is 2.13. The van der Waals surface area contributed by atoms with Crippen molar-refractivity contribution >= 4 is 34.8 Å². The summed E-state index contributed by atoms with van der Waals surface area (Å²) >= 11 is 6.28. The number of imide groups is 1. The van der Waals surface area contributed by atoms with Crippen molar-refractivity contribution in [2.45, 2.75) is 19.1 Å². The normalized spacial score (nSPS) is 21.7. The lowest BCUT2D eigenvalue weighted by Crippen LogP contribution is -2.37. The van der Waals surface area contributed by atoms with Gasteiger partial charge in [-0.2, -0.15) is 0 Å². The summed E-state index contributed by atoms with van der Waals surface area (Å²) in [6.07, 6.45) is -0.957. The van der Waals surface area contributed by atoms with E-state index in [4.69, 9.17) is 25.9 Å². The lowest BCUT2D eigenvalue weighted by atomic mass is 9.90. The van der Waals surface area contributed by atoms with E-state index < -0.39 is 24.0 Å². The Kier molecular flexibility index (Phi) is 5.67. The summed E-state index contributed by atoms with van der Waals surface area (Å²) < 4.78 is 10.5. The van der Waals surface area contributed by atoms with Crippen molar-refractivity contribution in [3.8, 4) is 11.5 Å². The molecular formula is C26H23ClN2O5. The molecule has 0 N–H and O–H groups in total. The molecule has 0 aliphatic carbocycles. The second kappa shape index (κ2) is 8.66. The van der Waals surface area contributed by atoms with Crippen LogP contribution in [0.3, 0.4) is 0 Å². The molecule has 2 aliphatic rings. The molecule has 0 saturated carbocycles. The van der Waals surface area contributed by atoms with Crippen molar-refractivity contribution in [2.75, 3.05) is 24.2 Å². The number of hydrogen-bond donors (Lipinski definition) is 0. The first-order valence-electron chi connectivity index (χ1n) is 10.8. The predicted octanol–water partition coefficient (Wildman–Crippen LogP) is 4.72. The van der Waals surface area contributed by atoms with Crippen molar-refractivity contribution in [1.82, 2.24) is 0 Å². The molecular weight excluding hydrogens is 456 g/mol. The smallest absolute Gasteiger partial charge is 0.266 e. The van der Waals surface area contributed by atoms with Gasteiger partial charge in [-0.3, -0.25) is 14.4 Å². The van der Waals surface area contributed by atoms with E-state index in [0.29, 0.717) is 27.9 Å². The number of anilines is 2. The number of methoxy groups -OCH3 is 2. The molecule has 2 saturated heterocycles. The first kappa shape index (κ1) is 22.3. The number of fused-ring (bicyclic) bond motifs is 1. The molecule has 3 aromatic rings. The Balaban J connectivity index is 1.56. The second-order valence-electron chi connectivity index (χ2n) is 8.24. The summed E-state index contributed by atoms with van der Waals surface area (Å²) in [7, 11) is 3.19. The van der Waals surface area contributed by atoms with Crippen molar-refractivity contribution in [2.24, 2.45) is 5.92 Å². The van der Waals surface area contributed by atoms with E-state index in [1.54, 1.807) is 37.5 Å². The third kappa shape index (κ3) is 3.57. The summed E-state index contributed by atoms with van der Waals surface area (Å²) in [5.41, 5.74) is 2.84. The number of hydrogen-bond acceptors (Lipinski definition) is 6. The van der Waals surface area contributed by atoms with Crippen LogP contribution in [0.25, 0.3) is 0 Å². The van der Waals surface area contributed by atoms with Gasteiger partial charge in [-0.05, 0) is 66.6 Å². The van der Waals surface area contributed by atoms with Crippen LogP contribution in [0, 0.1) is 12.8 Å². The van der Waals surface area contributed by atoms with Gasteiger partial charge in [0.05, 0.1) is 31.6 Å². The predicted molar refractivity (Wildman–Crippen MR) is 128 cm³/mol. The highest BCUT2D eigenvalue weighted by atomic mass is 35.5. The van der Waals surface area contributed by atoms with Crippen LogP contribution < -0.4 is 19.4 Å². The molecule has 34 heavy (non-hydrogen) atoms. The van der Waals surface area contributed by atoms with Gasteiger partial charge >= 0.3 is 0 Å². The van der Waals surface area contributed by atoms with E-state index in [0.717, 1.165) is 11.1 Å². The number of amides is 2. The molecule has 8 heteroatoms. The minimum Gasteiger partial charge on any atom is -0.497 e.